The summed E-state index contributed by atoms with van der Waals surface area (Å²) in [4.78, 5) is 15.2. The van der Waals surface area contributed by atoms with E-state index in [-0.39, 0.29) is 21.6 Å². The van der Waals surface area contributed by atoms with Gasteiger partial charge >= 0.3 is 5.97 Å². The molecule has 0 aliphatic carbocycles. The second-order valence-electron chi connectivity index (χ2n) is 5.21. The maximum Gasteiger partial charge on any atom is 0.347 e. The number of hydrogen-bond acceptors (Lipinski definition) is 5. The van der Waals surface area contributed by atoms with Crippen molar-refractivity contribution in [1.29, 1.82) is 0 Å². The number of ether oxygens (including phenoxy) is 2. The van der Waals surface area contributed by atoms with Crippen molar-refractivity contribution in [2.24, 2.45) is 5.92 Å². The van der Waals surface area contributed by atoms with Crippen LogP contribution in [0.25, 0.3) is 0 Å². The second kappa shape index (κ2) is 8.39. The van der Waals surface area contributed by atoms with E-state index in [1.54, 1.807) is 0 Å². The molecule has 0 fully saturated rings. The molecule has 0 bridgehead atoms. The largest absolute Gasteiger partial charge is 0.463 e. The highest BCUT2D eigenvalue weighted by atomic mass is 35.5. The highest BCUT2D eigenvalue weighted by Gasteiger charge is 2.22. The topological polar surface area (TPSA) is 74.4 Å². The third-order valence-electron chi connectivity index (χ3n) is 2.83. The molecule has 0 unspecified atom stereocenters. The van der Waals surface area contributed by atoms with Gasteiger partial charge in [0, 0.05) is 0 Å². The predicted octanol–water partition coefficient (Wildman–Crippen LogP) is 3.86. The minimum Gasteiger partial charge on any atom is -0.463 e. The van der Waals surface area contributed by atoms with Gasteiger partial charge in [0.1, 0.15) is 10.0 Å². The van der Waals surface area contributed by atoms with Crippen molar-refractivity contribution in [1.82, 2.24) is 4.98 Å². The van der Waals surface area contributed by atoms with Gasteiger partial charge in [-0.25, -0.2) is 4.79 Å². The number of pyridine rings is 1. The smallest absolute Gasteiger partial charge is 0.347 e. The molecule has 0 spiro atoms. The summed E-state index contributed by atoms with van der Waals surface area (Å²) in [5, 5.41) is -0.535. The molecule has 1 rings (SSSR count). The third kappa shape index (κ3) is 5.18. The summed E-state index contributed by atoms with van der Waals surface area (Å²) in [6, 6.07) is 0. The number of hydrogen-bond donors (Lipinski definition) is 1. The van der Waals surface area contributed by atoms with Crippen molar-refractivity contribution in [2.75, 3.05) is 12.3 Å². The maximum atomic E-state index is 13.4. The van der Waals surface area contributed by atoms with E-state index in [0.717, 1.165) is 12.8 Å². The molecule has 0 aliphatic heterocycles. The van der Waals surface area contributed by atoms with E-state index in [1.165, 1.54) is 6.92 Å². The summed E-state index contributed by atoms with van der Waals surface area (Å²) in [5.74, 6) is -1.37. The molecular weight excluding hydrogens is 334 g/mol. The van der Waals surface area contributed by atoms with Crippen LogP contribution in [-0.4, -0.2) is 23.7 Å². The fourth-order valence-corrected chi connectivity index (χ4v) is 1.95. The van der Waals surface area contributed by atoms with Gasteiger partial charge in [0.25, 0.3) is 0 Å². The minimum atomic E-state index is -1.02. The number of nitrogens with two attached hydrogens (primary N) is 1. The van der Waals surface area contributed by atoms with E-state index in [9.17, 15) is 9.18 Å². The molecule has 1 aromatic heterocycles. The number of rotatable bonds is 7. The second-order valence-corrected chi connectivity index (χ2v) is 5.97. The number of carbonyl (C=O) groups excluding carboxylic acids is 1. The van der Waals surface area contributed by atoms with Crippen LogP contribution in [-0.2, 0) is 9.53 Å². The number of carbonyl (C=O) groups is 1. The van der Waals surface area contributed by atoms with Crippen LogP contribution in [0, 0.1) is 11.9 Å². The van der Waals surface area contributed by atoms with Gasteiger partial charge in [-0.05, 0) is 25.7 Å². The molecule has 5 nitrogen and oxygen atoms in total. The maximum absolute atomic E-state index is 13.4. The van der Waals surface area contributed by atoms with Crippen LogP contribution >= 0.6 is 23.2 Å². The molecule has 0 aliphatic rings. The van der Waals surface area contributed by atoms with Crippen LogP contribution < -0.4 is 10.5 Å². The lowest BCUT2D eigenvalue weighted by atomic mass is 10.1. The molecule has 1 heterocycles. The normalized spacial score (nSPS) is 12.3. The van der Waals surface area contributed by atoms with Gasteiger partial charge in [-0.15, -0.1) is 0 Å². The lowest BCUT2D eigenvalue weighted by Crippen LogP contribution is -2.27. The Morgan fingerprint density at radius 3 is 2.55 bits per heavy atom. The molecule has 8 heteroatoms. The Hall–Kier alpha value is -1.27. The summed E-state index contributed by atoms with van der Waals surface area (Å²) in [5.41, 5.74) is 5.33. The van der Waals surface area contributed by atoms with Crippen LogP contribution in [0.1, 0.15) is 33.6 Å². The van der Waals surface area contributed by atoms with Crippen molar-refractivity contribution in [3.8, 4) is 5.88 Å². The Bertz CT molecular complexity index is 541. The molecule has 0 amide bonds. The van der Waals surface area contributed by atoms with E-state index >= 15 is 0 Å². The first-order valence-electron chi connectivity index (χ1n) is 6.87. The Morgan fingerprint density at radius 2 is 1.95 bits per heavy atom. The number of anilines is 1. The monoisotopic (exact) mass is 352 g/mol. The first-order valence-corrected chi connectivity index (χ1v) is 7.62. The van der Waals surface area contributed by atoms with E-state index < -0.39 is 18.0 Å². The first-order chi connectivity index (χ1) is 10.2. The van der Waals surface area contributed by atoms with Crippen molar-refractivity contribution in [2.45, 2.75) is 39.7 Å². The average Bonchev–Trinajstić information content (AvgIpc) is 2.46. The molecule has 0 saturated carbocycles. The lowest BCUT2D eigenvalue weighted by Gasteiger charge is -2.15. The van der Waals surface area contributed by atoms with Gasteiger partial charge in [-0.2, -0.15) is 9.37 Å². The van der Waals surface area contributed by atoms with Gasteiger partial charge in [0.05, 0.1) is 12.3 Å². The van der Waals surface area contributed by atoms with Crippen LogP contribution in [0.2, 0.25) is 10.0 Å². The molecule has 22 heavy (non-hydrogen) atoms. The Labute approximate surface area is 138 Å². The number of nitrogen functional groups attached to an aromatic ring is 1. The summed E-state index contributed by atoms with van der Waals surface area (Å²) < 4.78 is 23.7. The van der Waals surface area contributed by atoms with Gasteiger partial charge in [0.2, 0.25) is 11.8 Å². The molecule has 124 valence electrons. The highest BCUT2D eigenvalue weighted by molar-refractivity contribution is 6.39. The minimum absolute atomic E-state index is 0.147. The van der Waals surface area contributed by atoms with Crippen molar-refractivity contribution in [3.63, 3.8) is 0 Å². The highest BCUT2D eigenvalue weighted by Crippen LogP contribution is 2.35. The number of aromatic nitrogens is 1. The van der Waals surface area contributed by atoms with Crippen molar-refractivity contribution >= 4 is 34.9 Å². The fraction of sp³-hybridized carbons (Fsp3) is 0.571. The summed E-state index contributed by atoms with van der Waals surface area (Å²) in [6.07, 6.45) is 0.718. The predicted molar refractivity (Wildman–Crippen MR) is 83.7 cm³/mol. The summed E-state index contributed by atoms with van der Waals surface area (Å²) in [7, 11) is 0. The molecule has 1 aromatic rings. The van der Waals surface area contributed by atoms with Crippen LogP contribution in [0.5, 0.6) is 5.88 Å². The van der Waals surface area contributed by atoms with Crippen molar-refractivity contribution in [3.05, 3.63) is 16.0 Å². The molecule has 0 aromatic carbocycles. The molecule has 0 radical (unpaired) electrons. The molecule has 0 saturated heterocycles. The van der Waals surface area contributed by atoms with Gasteiger partial charge in [0.15, 0.2) is 6.10 Å². The third-order valence-corrected chi connectivity index (χ3v) is 3.56. The molecule has 1 atom stereocenters. The quantitative estimate of drug-likeness (QED) is 0.458. The molecular formula is C14H19Cl2FN2O3. The average molecular weight is 353 g/mol. The van der Waals surface area contributed by atoms with Crippen molar-refractivity contribution < 1.29 is 18.7 Å². The van der Waals surface area contributed by atoms with E-state index in [1.807, 2.05) is 0 Å². The van der Waals surface area contributed by atoms with Gasteiger partial charge < -0.3 is 15.2 Å². The van der Waals surface area contributed by atoms with E-state index in [4.69, 9.17) is 38.4 Å². The Kier molecular flexibility index (Phi) is 7.16. The summed E-state index contributed by atoms with van der Waals surface area (Å²) >= 11 is 11.4. The zero-order chi connectivity index (χ0) is 16.9. The standard InChI is InChI=1S/C14H19Cl2FN2O3/c1-7(2)5-4-6-21-14(20)8(3)22-13-10(16)11(18)9(15)12(17)19-13/h7-8H,4-6H2,1-3H3,(H2,18,19)/t8-/m1/s1. The zero-order valence-corrected chi connectivity index (χ0v) is 14.2. The van der Waals surface area contributed by atoms with Crippen LogP contribution in [0.4, 0.5) is 10.1 Å². The van der Waals surface area contributed by atoms with E-state index in [2.05, 4.69) is 18.8 Å². The first kappa shape index (κ1) is 18.8. The molecule has 2 N–H and O–H groups in total. The number of halogens is 3. The fourth-order valence-electron chi connectivity index (χ4n) is 1.59. The van der Waals surface area contributed by atoms with Crippen LogP contribution in [0.3, 0.4) is 0 Å². The summed E-state index contributed by atoms with van der Waals surface area (Å²) in [6.45, 7) is 5.91. The van der Waals surface area contributed by atoms with Gasteiger partial charge in [-0.1, -0.05) is 37.0 Å². The number of esters is 1. The van der Waals surface area contributed by atoms with Gasteiger partial charge in [-0.3, -0.25) is 0 Å². The number of nitrogens with zero attached hydrogens (tertiary/aromatic N) is 1. The zero-order valence-electron chi connectivity index (χ0n) is 12.7. The Balaban J connectivity index is 2.61. The Morgan fingerprint density at radius 1 is 1.32 bits per heavy atom. The van der Waals surface area contributed by atoms with Crippen LogP contribution in [0.15, 0.2) is 0 Å². The van der Waals surface area contributed by atoms with E-state index in [0.29, 0.717) is 12.5 Å². The lowest BCUT2D eigenvalue weighted by molar-refractivity contribution is -0.151. The SMILES string of the molecule is CC(C)CCCOC(=O)[C@@H](C)Oc1nc(F)c(Cl)c(N)c1Cl.